The van der Waals surface area contributed by atoms with Crippen LogP contribution < -0.4 is 20.1 Å². The van der Waals surface area contributed by atoms with Gasteiger partial charge in [0.1, 0.15) is 34.1 Å². The molecule has 0 radical (unpaired) electrons. The maximum absolute atomic E-state index is 12.9. The number of hydrogen-bond acceptors (Lipinski definition) is 12. The molecule has 8 bridgehead atoms. The second kappa shape index (κ2) is 17.7. The van der Waals surface area contributed by atoms with Crippen LogP contribution in [0.5, 0.6) is 23.0 Å². The third-order valence-electron chi connectivity index (χ3n) is 9.61. The first kappa shape index (κ1) is 40.0. The van der Waals surface area contributed by atoms with Gasteiger partial charge in [-0.25, -0.2) is 0 Å². The fraction of sp³-hybridized carbons (Fsp3) is 0.350. The van der Waals surface area contributed by atoms with E-state index < -0.39 is 75.7 Å². The Labute approximate surface area is 311 Å². The smallest absolute Gasteiger partial charge is 0.258 e. The number of carbonyl (C=O) groups is 2. The summed E-state index contributed by atoms with van der Waals surface area (Å²) in [4.78, 5) is 25.9. The van der Waals surface area contributed by atoms with Gasteiger partial charge in [-0.2, -0.15) is 0 Å². The number of carbonyl (C=O) groups excluding carboxylic acids is 2. The van der Waals surface area contributed by atoms with Crippen LogP contribution in [0.3, 0.4) is 0 Å². The first-order valence-electron chi connectivity index (χ1n) is 17.4. The van der Waals surface area contributed by atoms with E-state index in [1.165, 1.54) is 0 Å². The zero-order valence-electron chi connectivity index (χ0n) is 29.6. The first-order chi connectivity index (χ1) is 26.0. The predicted octanol–water partition coefficient (Wildman–Crippen LogP) is 0.196. The molecule has 54 heavy (non-hydrogen) atoms. The number of rotatable bonds is 14. The van der Waals surface area contributed by atoms with Gasteiger partial charge in [-0.05, 0) is 44.5 Å². The summed E-state index contributed by atoms with van der Waals surface area (Å²) in [6.07, 6.45) is 0.707. The van der Waals surface area contributed by atoms with Gasteiger partial charge in [-0.1, -0.05) is 72.8 Å². The monoisotopic (exact) mass is 746 g/mol. The molecule has 0 saturated heterocycles. The van der Waals surface area contributed by atoms with Crippen molar-refractivity contribution in [3.8, 4) is 23.0 Å². The number of aromatic hydroxyl groups is 2. The molecule has 0 atom stereocenters. The Kier molecular flexibility index (Phi) is 13.1. The number of fused-ring (bicyclic) bond motifs is 8. The lowest BCUT2D eigenvalue weighted by Gasteiger charge is -2.28. The van der Waals surface area contributed by atoms with Crippen molar-refractivity contribution < 1.29 is 59.9 Å². The Morgan fingerprint density at radius 2 is 0.704 bits per heavy atom. The summed E-state index contributed by atoms with van der Waals surface area (Å²) < 4.78 is 12.2. The summed E-state index contributed by atoms with van der Waals surface area (Å²) in [6, 6.07) is 21.4. The lowest BCUT2D eigenvalue weighted by atomic mass is 9.91. The van der Waals surface area contributed by atoms with Gasteiger partial charge in [-0.15, -0.1) is 0 Å². The number of para-hydroxylation sites is 4. The molecule has 14 heteroatoms. The molecule has 0 spiro atoms. The molecule has 0 fully saturated rings. The predicted molar refractivity (Wildman–Crippen MR) is 196 cm³/mol. The number of aliphatic hydroxyl groups is 6. The summed E-state index contributed by atoms with van der Waals surface area (Å²) in [5.74, 6) is -0.708. The van der Waals surface area contributed by atoms with Crippen LogP contribution in [0.2, 0.25) is 0 Å². The SMILES string of the molecule is O=C(COc1c2cccc1Cc1cccc(c1O)Cc1cccc(c1OCC(=O)NC(CO)(CO)CO)Cc1cccc(c1O)C2)NC(CO)(CO)CO. The number of amides is 2. The summed E-state index contributed by atoms with van der Waals surface area (Å²) in [5, 5.41) is 86.2. The molecule has 4 aromatic rings. The van der Waals surface area contributed by atoms with Gasteiger partial charge in [0.2, 0.25) is 0 Å². The lowest BCUT2D eigenvalue weighted by Crippen LogP contribution is -2.58. The van der Waals surface area contributed by atoms with Crippen molar-refractivity contribution in [3.63, 3.8) is 0 Å². The molecule has 0 saturated carbocycles. The molecule has 0 heterocycles. The van der Waals surface area contributed by atoms with E-state index in [0.717, 1.165) is 0 Å². The highest BCUT2D eigenvalue weighted by Gasteiger charge is 2.31. The average Bonchev–Trinajstić information content (AvgIpc) is 3.18. The van der Waals surface area contributed by atoms with Gasteiger partial charge in [0.15, 0.2) is 13.2 Å². The van der Waals surface area contributed by atoms with Crippen LogP contribution in [0, 0.1) is 0 Å². The second-order valence-electron chi connectivity index (χ2n) is 13.6. The Morgan fingerprint density at radius 3 is 0.944 bits per heavy atom. The van der Waals surface area contributed by atoms with Gasteiger partial charge in [0, 0.05) is 25.7 Å². The minimum absolute atomic E-state index is 0.00731. The van der Waals surface area contributed by atoms with Gasteiger partial charge >= 0.3 is 0 Å². The number of hydrogen-bond donors (Lipinski definition) is 10. The van der Waals surface area contributed by atoms with Crippen LogP contribution in [0.15, 0.2) is 72.8 Å². The largest absolute Gasteiger partial charge is 0.507 e. The quantitative estimate of drug-likeness (QED) is 0.0734. The molecular formula is C40H46N2O12. The fourth-order valence-electron chi connectivity index (χ4n) is 6.36. The summed E-state index contributed by atoms with van der Waals surface area (Å²) in [7, 11) is 0. The number of aliphatic hydroxyl groups excluding tert-OH is 6. The van der Waals surface area contributed by atoms with E-state index in [4.69, 9.17) is 9.47 Å². The van der Waals surface area contributed by atoms with Crippen LogP contribution in [0.4, 0.5) is 0 Å². The molecule has 1 aliphatic rings. The third kappa shape index (κ3) is 8.93. The lowest BCUT2D eigenvalue weighted by molar-refractivity contribution is -0.128. The van der Waals surface area contributed by atoms with E-state index in [2.05, 4.69) is 10.6 Å². The topological polar surface area (TPSA) is 238 Å². The Morgan fingerprint density at radius 1 is 0.463 bits per heavy atom. The van der Waals surface area contributed by atoms with Crippen LogP contribution >= 0.6 is 0 Å². The van der Waals surface area contributed by atoms with Crippen molar-refractivity contribution >= 4 is 11.8 Å². The Bertz CT molecular complexity index is 1700. The van der Waals surface area contributed by atoms with Crippen molar-refractivity contribution in [2.75, 3.05) is 52.9 Å². The van der Waals surface area contributed by atoms with Crippen molar-refractivity contribution in [1.29, 1.82) is 0 Å². The second-order valence-corrected chi connectivity index (χ2v) is 13.6. The van der Waals surface area contributed by atoms with Crippen LogP contribution in [0.25, 0.3) is 0 Å². The van der Waals surface area contributed by atoms with Gasteiger partial charge in [0.25, 0.3) is 11.8 Å². The first-order valence-corrected chi connectivity index (χ1v) is 17.4. The maximum atomic E-state index is 12.9. The van der Waals surface area contributed by atoms with Gasteiger partial charge in [-0.3, -0.25) is 9.59 Å². The summed E-state index contributed by atoms with van der Waals surface area (Å²) in [6.45, 7) is -5.27. The van der Waals surface area contributed by atoms with Crippen LogP contribution in [-0.2, 0) is 35.3 Å². The highest BCUT2D eigenvalue weighted by molar-refractivity contribution is 5.79. The van der Waals surface area contributed by atoms with E-state index in [1.54, 1.807) is 60.7 Å². The maximum Gasteiger partial charge on any atom is 0.258 e. The normalized spacial score (nSPS) is 12.9. The van der Waals surface area contributed by atoms with Crippen LogP contribution in [-0.4, -0.2) is 117 Å². The van der Waals surface area contributed by atoms with E-state index in [-0.39, 0.29) is 37.2 Å². The molecule has 0 aromatic heterocycles. The molecular weight excluding hydrogens is 700 g/mol. The summed E-state index contributed by atoms with van der Waals surface area (Å²) in [5.41, 5.74) is 1.37. The molecule has 288 valence electrons. The Balaban J connectivity index is 1.55. The number of ether oxygens (including phenoxy) is 2. The minimum Gasteiger partial charge on any atom is -0.507 e. The van der Waals surface area contributed by atoms with E-state index >= 15 is 0 Å². The van der Waals surface area contributed by atoms with Crippen molar-refractivity contribution in [3.05, 3.63) is 117 Å². The zero-order chi connectivity index (χ0) is 38.9. The van der Waals surface area contributed by atoms with E-state index in [1.807, 2.05) is 12.1 Å². The van der Waals surface area contributed by atoms with Crippen molar-refractivity contribution in [2.24, 2.45) is 0 Å². The molecule has 2 amide bonds. The molecule has 0 aliphatic heterocycles. The molecule has 10 N–H and O–H groups in total. The van der Waals surface area contributed by atoms with Crippen LogP contribution in [0.1, 0.15) is 44.5 Å². The molecule has 4 aromatic carbocycles. The highest BCUT2D eigenvalue weighted by atomic mass is 16.5. The number of phenols is 2. The number of nitrogens with one attached hydrogen (secondary N) is 2. The molecule has 5 rings (SSSR count). The van der Waals surface area contributed by atoms with Gasteiger partial charge in [0.05, 0.1) is 39.6 Å². The van der Waals surface area contributed by atoms with Crippen molar-refractivity contribution in [1.82, 2.24) is 10.6 Å². The summed E-state index contributed by atoms with van der Waals surface area (Å²) >= 11 is 0. The zero-order valence-corrected chi connectivity index (χ0v) is 29.6. The number of benzene rings is 4. The number of phenolic OH excluding ortho intramolecular Hbond substituents is 2. The van der Waals surface area contributed by atoms with E-state index in [9.17, 15) is 50.4 Å². The van der Waals surface area contributed by atoms with Gasteiger partial charge < -0.3 is 61.0 Å². The fourth-order valence-corrected chi connectivity index (χ4v) is 6.36. The standard InChI is InChI=1S/C40H46N2O12/c43-19-39(20-44,21-45)41-33(49)17-53-37-29-9-3-11-31(37)15-27-7-2-8-28(36(27)52)16-32-12-4-10-30(14-26-6-1-5-25(13-29)35(26)51)38(32)54-18-34(50)42-40(22-46,23-47)24-48/h1-12,43-48,51-52H,13-24H2,(H,41,49)(H,42,50). The third-order valence-corrected chi connectivity index (χ3v) is 9.61. The molecule has 0 unspecified atom stereocenters. The Hall–Kier alpha value is -5.22. The molecule has 1 aliphatic carbocycles. The molecule has 14 nitrogen and oxygen atoms in total. The highest BCUT2D eigenvalue weighted by Crippen LogP contribution is 2.38. The minimum atomic E-state index is -1.65. The van der Waals surface area contributed by atoms with E-state index in [0.29, 0.717) is 56.0 Å². The van der Waals surface area contributed by atoms with Crippen molar-refractivity contribution in [2.45, 2.75) is 36.8 Å². The average molecular weight is 747 g/mol.